The minimum Gasteiger partial charge on any atom is -0.330 e. The number of unbranched alkanes of at least 4 members (excludes halogenated alkanes) is 1. The minimum absolute atomic E-state index is 0.0121. The van der Waals surface area contributed by atoms with Crippen molar-refractivity contribution in [2.75, 3.05) is 19.7 Å². The first-order valence-corrected chi connectivity index (χ1v) is 24.5. The fraction of sp³-hybridized carbons (Fsp3) is 0.826. The molecule has 11 nitrogen and oxygen atoms in total. The molecule has 58 heavy (non-hydrogen) atoms. The molecule has 1 unspecified atom stereocenters. The van der Waals surface area contributed by atoms with Crippen molar-refractivity contribution in [3.8, 4) is 0 Å². The zero-order valence-corrected chi connectivity index (χ0v) is 37.5. The van der Waals surface area contributed by atoms with Gasteiger partial charge in [-0.2, -0.15) is 0 Å². The Morgan fingerprint density at radius 1 is 0.776 bits per heavy atom. The summed E-state index contributed by atoms with van der Waals surface area (Å²) in [4.78, 5) is 48.8. The van der Waals surface area contributed by atoms with E-state index in [1.54, 1.807) is 13.0 Å². The average molecular weight is 876 g/mol. The zero-order chi connectivity index (χ0) is 42.4. The molecule has 6 saturated carbocycles. The van der Waals surface area contributed by atoms with Gasteiger partial charge in [0.1, 0.15) is 5.78 Å². The van der Waals surface area contributed by atoms with Gasteiger partial charge >= 0.3 is 175 Å². The molecule has 326 valence electrons. The van der Waals surface area contributed by atoms with Crippen molar-refractivity contribution in [1.29, 1.82) is 0 Å². The van der Waals surface area contributed by atoms with E-state index in [1.165, 1.54) is 31.3 Å². The molecule has 0 spiro atoms. The van der Waals surface area contributed by atoms with E-state index < -0.39 is 44.0 Å². The molecule has 0 bridgehead atoms. The Labute approximate surface area is 350 Å². The van der Waals surface area contributed by atoms with Crippen molar-refractivity contribution < 1.29 is 41.2 Å². The van der Waals surface area contributed by atoms with Gasteiger partial charge in [0.15, 0.2) is 5.78 Å². The number of nitrogens with two attached hydrogens (primary N) is 2. The second-order valence-electron chi connectivity index (χ2n) is 20.4. The molecule has 7 N–H and O–H groups in total. The SMILES string of the molecule is CC(=O)[C@H]1CC[C@H]2[C@@H]3CCC4=CC(=O)CC[C@]4(C)[C@H]3CC[C@]12C.C[C@]12CCC(=O)C=C1CC[C@@H]1[C@@H]2[C@@H](O)C[C@@]2(C)[C@H]1CC[C@]2(O[Se](=O)O)C(=O)CO.NCCCCN. The number of allylic oxidation sites excluding steroid dienone is 2. The van der Waals surface area contributed by atoms with Crippen LogP contribution in [-0.2, 0) is 26.8 Å². The van der Waals surface area contributed by atoms with Crippen molar-refractivity contribution in [3.63, 3.8) is 0 Å². The molecule has 14 atom stereocenters. The molecule has 0 amide bonds. The monoisotopic (exact) mass is 876 g/mol. The molecule has 0 radical (unpaired) electrons. The Bertz CT molecular complexity index is 1690. The third kappa shape index (κ3) is 7.71. The maximum atomic E-state index is 12.8. The molecule has 0 aromatic carbocycles. The van der Waals surface area contributed by atoms with Gasteiger partial charge in [-0.25, -0.2) is 0 Å². The van der Waals surface area contributed by atoms with Crippen LogP contribution in [0.3, 0.4) is 0 Å². The van der Waals surface area contributed by atoms with Gasteiger partial charge in [-0.15, -0.1) is 0 Å². The average Bonchev–Trinajstić information content (AvgIpc) is 3.68. The summed E-state index contributed by atoms with van der Waals surface area (Å²) in [5, 5.41) is 20.9. The molecule has 8 rings (SSSR count). The Balaban J connectivity index is 0.000000175. The van der Waals surface area contributed by atoms with Crippen LogP contribution in [0.15, 0.2) is 23.3 Å². The van der Waals surface area contributed by atoms with Gasteiger partial charge in [0.05, 0.1) is 0 Å². The van der Waals surface area contributed by atoms with E-state index in [4.69, 9.17) is 15.3 Å². The molecule has 0 heterocycles. The smallest absolute Gasteiger partial charge is 0.00768 e. The quantitative estimate of drug-likeness (QED) is 0.149. The van der Waals surface area contributed by atoms with Crippen LogP contribution in [0, 0.1) is 63.1 Å². The second-order valence-corrected chi connectivity index (χ2v) is 21.6. The number of rotatable bonds is 8. The normalized spacial score (nSPS) is 44.2. The number of hydrogen-bond donors (Lipinski definition) is 5. The Morgan fingerprint density at radius 3 is 1.91 bits per heavy atom. The van der Waals surface area contributed by atoms with E-state index in [1.807, 2.05) is 13.0 Å². The molecule has 0 aromatic heterocycles. The standard InChI is InChI=1S/C21H30O7Se.C21H30O2.C4H12N2/c1-19-7-5-13(23)9-12(19)3-4-14-15-6-8-21(17(25)11-22,28-29(26)27)20(15,2)10-16(24)18(14)19;1-13(22)17-6-7-18-16-5-4-14-12-15(23)8-10-20(14,2)19(16)9-11-21(17,18)3;5-3-1-2-4-6/h9,14-16,18,22,24H,3-8,10-11H2,1-2H3,(H,26,27);12,16-19H,4-11H2,1-3H3;1-6H2/t14-,15-,16-,18+,19-,20-,21-;16-,17+,18-,19-,20-,21+;/m00./s1. The summed E-state index contributed by atoms with van der Waals surface area (Å²) in [6, 6.07) is 0. The minimum atomic E-state index is -3.64. The molecule has 12 heteroatoms. The fourth-order valence-corrected chi connectivity index (χ4v) is 16.4. The van der Waals surface area contributed by atoms with Crippen LogP contribution in [0.2, 0.25) is 0 Å². The van der Waals surface area contributed by atoms with Crippen molar-refractivity contribution in [3.05, 3.63) is 23.3 Å². The van der Waals surface area contributed by atoms with Gasteiger partial charge in [0.2, 0.25) is 0 Å². The number of carbonyl (C=O) groups excluding carboxylic acids is 4. The van der Waals surface area contributed by atoms with Crippen molar-refractivity contribution in [2.24, 2.45) is 74.6 Å². The number of aliphatic hydroxyl groups excluding tert-OH is 2. The van der Waals surface area contributed by atoms with Gasteiger partial charge in [0, 0.05) is 12.3 Å². The van der Waals surface area contributed by atoms with Crippen LogP contribution < -0.4 is 11.5 Å². The first kappa shape index (κ1) is 45.8. The number of fused-ring (bicyclic) bond motifs is 10. The molecular weight excluding hydrogens is 803 g/mol. The van der Waals surface area contributed by atoms with Crippen LogP contribution >= 0.6 is 0 Å². The third-order valence-electron chi connectivity index (χ3n) is 17.9. The van der Waals surface area contributed by atoms with E-state index in [0.717, 1.165) is 94.2 Å². The Kier molecular flexibility index (Phi) is 13.8. The topological polar surface area (TPSA) is 207 Å². The van der Waals surface area contributed by atoms with Crippen LogP contribution in [-0.4, -0.2) is 83.4 Å². The molecule has 0 saturated heterocycles. The summed E-state index contributed by atoms with van der Waals surface area (Å²) in [5.41, 5.74) is 10.8. The van der Waals surface area contributed by atoms with Crippen molar-refractivity contribution in [2.45, 2.75) is 155 Å². The Morgan fingerprint density at radius 2 is 1.34 bits per heavy atom. The van der Waals surface area contributed by atoms with Crippen LogP contribution in [0.1, 0.15) is 144 Å². The molecule has 6 fully saturated rings. The predicted octanol–water partition coefficient (Wildman–Crippen LogP) is 5.62. The predicted molar refractivity (Wildman–Crippen MR) is 221 cm³/mol. The van der Waals surface area contributed by atoms with Gasteiger partial charge < -0.3 is 11.5 Å². The van der Waals surface area contributed by atoms with E-state index >= 15 is 0 Å². The number of ketones is 4. The summed E-state index contributed by atoms with van der Waals surface area (Å²) >= 11 is -3.64. The fourth-order valence-electron chi connectivity index (χ4n) is 15.1. The summed E-state index contributed by atoms with van der Waals surface area (Å²) < 4.78 is 26.7. The number of Topliss-reactive ketones (excluding diaryl/α,β-unsaturated/α-hetero) is 2. The second kappa shape index (κ2) is 17.5. The van der Waals surface area contributed by atoms with E-state index in [-0.39, 0.29) is 52.6 Å². The van der Waals surface area contributed by atoms with Gasteiger partial charge in [-0.3, -0.25) is 9.59 Å². The summed E-state index contributed by atoms with van der Waals surface area (Å²) in [6.45, 7) is 11.5. The maximum Gasteiger partial charge on any atom is -0.00768 e. The molecule has 8 aliphatic rings. The zero-order valence-electron chi connectivity index (χ0n) is 35.8. The first-order chi connectivity index (χ1) is 27.4. The first-order valence-electron chi connectivity index (χ1n) is 22.4. The molecule has 8 aliphatic carbocycles. The number of aliphatic hydroxyl groups is 2. The summed E-state index contributed by atoms with van der Waals surface area (Å²) in [6.07, 6.45) is 18.2. The van der Waals surface area contributed by atoms with E-state index in [0.29, 0.717) is 30.3 Å². The van der Waals surface area contributed by atoms with Crippen molar-refractivity contribution in [1.82, 2.24) is 0 Å². The summed E-state index contributed by atoms with van der Waals surface area (Å²) in [7, 11) is 0. The van der Waals surface area contributed by atoms with Gasteiger partial charge in [0.25, 0.3) is 0 Å². The maximum absolute atomic E-state index is 12.8. The number of hydrogen-bond acceptors (Lipinski definition) is 10. The van der Waals surface area contributed by atoms with Gasteiger partial charge in [-0.05, 0) is 112 Å². The van der Waals surface area contributed by atoms with Crippen LogP contribution in [0.5, 0.6) is 0 Å². The van der Waals surface area contributed by atoms with Crippen LogP contribution in [0.4, 0.5) is 0 Å². The largest absolute Gasteiger partial charge is 0.330 e. The van der Waals surface area contributed by atoms with Gasteiger partial charge in [-0.1, -0.05) is 19.4 Å². The van der Waals surface area contributed by atoms with E-state index in [2.05, 4.69) is 20.8 Å². The van der Waals surface area contributed by atoms with Crippen LogP contribution in [0.25, 0.3) is 0 Å². The Hall–Kier alpha value is -1.76. The van der Waals surface area contributed by atoms with Crippen molar-refractivity contribution >= 4 is 37.6 Å². The summed E-state index contributed by atoms with van der Waals surface area (Å²) in [5.74, 6) is 3.05. The third-order valence-corrected chi connectivity index (χ3v) is 18.8. The van der Waals surface area contributed by atoms with E-state index in [9.17, 15) is 37.4 Å². The molecular formula is C46H72N2O9Se. The number of carbonyl (C=O) groups is 4. The molecule has 0 aliphatic heterocycles. The molecule has 0 aromatic rings.